The van der Waals surface area contributed by atoms with Crippen LogP contribution in [0.2, 0.25) is 5.28 Å². The molecule has 3 aromatic rings. The Labute approximate surface area is 91.2 Å². The normalized spacial score (nSPS) is 11.6. The van der Waals surface area contributed by atoms with Gasteiger partial charge in [0.25, 0.3) is 0 Å². The maximum atomic E-state index is 5.93. The number of fused-ring (bicyclic) bond motifs is 3. The lowest BCUT2D eigenvalue weighted by molar-refractivity contribution is 1.06. The first-order chi connectivity index (χ1) is 6.77. The molecule has 70 valence electrons. The first-order valence-electron chi connectivity index (χ1n) is 3.79. The van der Waals surface area contributed by atoms with Crippen molar-refractivity contribution in [2.45, 2.75) is 0 Å². The van der Waals surface area contributed by atoms with Gasteiger partial charge < -0.3 is 0 Å². The van der Waals surface area contributed by atoms with Gasteiger partial charge >= 0.3 is 0 Å². The van der Waals surface area contributed by atoms with E-state index in [1.807, 2.05) is 0 Å². The molecular weight excluding hydrogens is 269 g/mol. The Kier molecular flexibility index (Phi) is 1.57. The lowest BCUT2D eigenvalue weighted by Gasteiger charge is -1.96. The van der Waals surface area contributed by atoms with Crippen LogP contribution in [0.15, 0.2) is 17.0 Å². The highest BCUT2D eigenvalue weighted by Crippen LogP contribution is 2.25. The maximum Gasteiger partial charge on any atom is 0.210 e. The van der Waals surface area contributed by atoms with Crippen LogP contribution in [0.25, 0.3) is 16.7 Å². The molecule has 3 rings (SSSR count). The summed E-state index contributed by atoms with van der Waals surface area (Å²) in [4.78, 5) is 8.30. The van der Waals surface area contributed by atoms with Crippen LogP contribution in [0.3, 0.4) is 0 Å². The smallest absolute Gasteiger partial charge is 0.210 e. The molecule has 0 saturated carbocycles. The van der Waals surface area contributed by atoms with Gasteiger partial charge in [0.1, 0.15) is 4.60 Å². The van der Waals surface area contributed by atoms with E-state index in [1.165, 1.54) is 0 Å². The molecule has 0 bridgehead atoms. The number of rotatable bonds is 0. The summed E-state index contributed by atoms with van der Waals surface area (Å²) in [6.45, 7) is 0. The quantitative estimate of drug-likeness (QED) is 0.637. The van der Waals surface area contributed by atoms with E-state index in [2.05, 4.69) is 36.1 Å². The molecule has 0 aliphatic carbocycles. The van der Waals surface area contributed by atoms with Gasteiger partial charge in [0.15, 0.2) is 11.3 Å². The molecule has 0 radical (unpaired) electrons. The van der Waals surface area contributed by atoms with Crippen LogP contribution in [0, 0.1) is 0 Å². The molecule has 5 nitrogen and oxygen atoms in total. The second kappa shape index (κ2) is 2.68. The van der Waals surface area contributed by atoms with Crippen LogP contribution in [-0.4, -0.2) is 24.6 Å². The highest BCUT2D eigenvalue weighted by molar-refractivity contribution is 9.10. The summed E-state index contributed by atoms with van der Waals surface area (Å²) >= 11 is 9.27. The molecule has 0 aromatic carbocycles. The topological polar surface area (TPSA) is 58.9 Å². The summed E-state index contributed by atoms with van der Waals surface area (Å²) in [7, 11) is 0. The summed E-state index contributed by atoms with van der Waals surface area (Å²) in [5.41, 5.74) is 1.29. The summed E-state index contributed by atoms with van der Waals surface area (Å²) in [5, 5.41) is 7.95. The van der Waals surface area contributed by atoms with Gasteiger partial charge in [-0.15, -0.1) is 0 Å². The molecule has 0 saturated heterocycles. The third-order valence-electron chi connectivity index (χ3n) is 1.96. The fourth-order valence-electron chi connectivity index (χ4n) is 1.37. The predicted octanol–water partition coefficient (Wildman–Crippen LogP) is 2.02. The van der Waals surface area contributed by atoms with Gasteiger partial charge in [-0.2, -0.15) is 10.1 Å². The Morgan fingerprint density at radius 3 is 3.21 bits per heavy atom. The van der Waals surface area contributed by atoms with Gasteiger partial charge in [-0.05, 0) is 27.5 Å². The van der Waals surface area contributed by atoms with Crippen LogP contribution in [0.4, 0.5) is 0 Å². The Morgan fingerprint density at radius 2 is 2.36 bits per heavy atom. The summed E-state index contributed by atoms with van der Waals surface area (Å²) in [6, 6.07) is 0. The van der Waals surface area contributed by atoms with Crippen molar-refractivity contribution in [3.63, 3.8) is 0 Å². The maximum absolute atomic E-state index is 5.93. The first kappa shape index (κ1) is 8.19. The minimum atomic E-state index is 0.351. The molecule has 3 aromatic heterocycles. The molecule has 0 fully saturated rings. The van der Waals surface area contributed by atoms with E-state index in [0.29, 0.717) is 10.9 Å². The predicted molar refractivity (Wildman–Crippen MR) is 55.3 cm³/mol. The lowest BCUT2D eigenvalue weighted by Crippen LogP contribution is -1.90. The molecule has 0 amide bonds. The van der Waals surface area contributed by atoms with Crippen LogP contribution in [0.5, 0.6) is 0 Å². The minimum absolute atomic E-state index is 0.351. The molecule has 0 spiro atoms. The lowest BCUT2D eigenvalue weighted by atomic mass is 10.4. The monoisotopic (exact) mass is 271 g/mol. The molecule has 14 heavy (non-hydrogen) atoms. The zero-order chi connectivity index (χ0) is 9.71. The SMILES string of the molecule is Clc1nc2n[nH]c(Br)c2c2nccn12. The number of H-pyrrole nitrogens is 1. The van der Waals surface area contributed by atoms with E-state index < -0.39 is 0 Å². The van der Waals surface area contributed by atoms with Gasteiger partial charge in [0.05, 0.1) is 5.39 Å². The van der Waals surface area contributed by atoms with E-state index in [0.717, 1.165) is 15.6 Å². The average Bonchev–Trinajstić information content (AvgIpc) is 2.72. The van der Waals surface area contributed by atoms with Crippen LogP contribution in [0.1, 0.15) is 0 Å². The molecule has 1 N–H and O–H groups in total. The van der Waals surface area contributed by atoms with Crippen LogP contribution in [-0.2, 0) is 0 Å². The molecule has 0 aliphatic heterocycles. The van der Waals surface area contributed by atoms with Crippen molar-refractivity contribution in [3.8, 4) is 0 Å². The number of halogens is 2. The van der Waals surface area contributed by atoms with Crippen molar-refractivity contribution in [2.75, 3.05) is 0 Å². The second-order valence-corrected chi connectivity index (χ2v) is 3.87. The van der Waals surface area contributed by atoms with Crippen molar-refractivity contribution < 1.29 is 0 Å². The number of hydrogen-bond donors (Lipinski definition) is 1. The molecular formula is C7H3BrClN5. The zero-order valence-electron chi connectivity index (χ0n) is 6.70. The number of nitrogens with one attached hydrogen (secondary N) is 1. The fraction of sp³-hybridized carbons (Fsp3) is 0. The third-order valence-corrected chi connectivity index (χ3v) is 2.80. The molecule has 0 unspecified atom stereocenters. The molecule has 3 heterocycles. The van der Waals surface area contributed by atoms with Gasteiger partial charge in [-0.3, -0.25) is 9.50 Å². The van der Waals surface area contributed by atoms with Crippen LogP contribution < -0.4 is 0 Å². The van der Waals surface area contributed by atoms with Crippen molar-refractivity contribution >= 4 is 44.2 Å². The molecule has 0 atom stereocenters. The van der Waals surface area contributed by atoms with Gasteiger partial charge in [-0.25, -0.2) is 4.98 Å². The number of imidazole rings is 1. The van der Waals surface area contributed by atoms with E-state index in [4.69, 9.17) is 11.6 Å². The van der Waals surface area contributed by atoms with E-state index in [1.54, 1.807) is 16.8 Å². The van der Waals surface area contributed by atoms with E-state index in [-0.39, 0.29) is 0 Å². The molecule has 7 heteroatoms. The van der Waals surface area contributed by atoms with Crippen LogP contribution >= 0.6 is 27.5 Å². The largest absolute Gasteiger partial charge is 0.274 e. The van der Waals surface area contributed by atoms with E-state index in [9.17, 15) is 0 Å². The molecule has 0 aliphatic rings. The number of nitrogens with zero attached hydrogens (tertiary/aromatic N) is 4. The number of aromatic amines is 1. The van der Waals surface area contributed by atoms with E-state index >= 15 is 0 Å². The standard InChI is InChI=1S/C7H3BrClN5/c8-4-3-5(13-12-4)11-7(9)14-2-1-10-6(3)14/h1-2H,(H,12,13). The summed E-state index contributed by atoms with van der Waals surface area (Å²) in [6.07, 6.45) is 3.42. The Hall–Kier alpha value is -1.14. The summed E-state index contributed by atoms with van der Waals surface area (Å²) in [5.74, 6) is 0. The Morgan fingerprint density at radius 1 is 1.50 bits per heavy atom. The third kappa shape index (κ3) is 0.921. The highest BCUT2D eigenvalue weighted by atomic mass is 79.9. The number of hydrogen-bond acceptors (Lipinski definition) is 3. The van der Waals surface area contributed by atoms with Crippen molar-refractivity contribution in [3.05, 3.63) is 22.3 Å². The van der Waals surface area contributed by atoms with Gasteiger partial charge in [0, 0.05) is 12.4 Å². The zero-order valence-corrected chi connectivity index (χ0v) is 9.04. The summed E-state index contributed by atoms with van der Waals surface area (Å²) < 4.78 is 2.46. The fourth-order valence-corrected chi connectivity index (χ4v) is 2.03. The van der Waals surface area contributed by atoms with Gasteiger partial charge in [-0.1, -0.05) is 0 Å². The minimum Gasteiger partial charge on any atom is -0.274 e. The second-order valence-electron chi connectivity index (χ2n) is 2.74. The Bertz CT molecular complexity index is 627. The Balaban J connectivity index is 2.69. The first-order valence-corrected chi connectivity index (χ1v) is 4.96. The van der Waals surface area contributed by atoms with Gasteiger partial charge in [0.2, 0.25) is 5.28 Å². The average molecular weight is 272 g/mol. The van der Waals surface area contributed by atoms with Crippen molar-refractivity contribution in [1.29, 1.82) is 0 Å². The van der Waals surface area contributed by atoms with Crippen molar-refractivity contribution in [2.24, 2.45) is 0 Å². The van der Waals surface area contributed by atoms with Crippen molar-refractivity contribution in [1.82, 2.24) is 24.6 Å². The number of aromatic nitrogens is 5. The highest BCUT2D eigenvalue weighted by Gasteiger charge is 2.12.